The van der Waals surface area contributed by atoms with Crippen LogP contribution in [0.2, 0.25) is 0 Å². The fourth-order valence-electron chi connectivity index (χ4n) is 2.00. The fraction of sp³-hybridized carbons (Fsp3) is 0.188. The molecule has 1 atom stereocenters. The van der Waals surface area contributed by atoms with Crippen LogP contribution in [0.25, 0.3) is 0 Å². The van der Waals surface area contributed by atoms with E-state index in [0.717, 1.165) is 0 Å². The van der Waals surface area contributed by atoms with E-state index in [-0.39, 0.29) is 12.0 Å². The summed E-state index contributed by atoms with van der Waals surface area (Å²) in [5, 5.41) is 4.08. The van der Waals surface area contributed by atoms with Gasteiger partial charge in [0.1, 0.15) is 6.61 Å². The first-order chi connectivity index (χ1) is 10.7. The molecule has 1 unspecified atom stereocenters. The molecule has 0 radical (unpaired) electrons. The third-order valence-corrected chi connectivity index (χ3v) is 3.23. The molecule has 1 aromatic heterocycles. The molecule has 1 aliphatic rings. The number of pyridine rings is 1. The Labute approximate surface area is 127 Å². The van der Waals surface area contributed by atoms with Gasteiger partial charge in [-0.3, -0.25) is 9.78 Å². The van der Waals surface area contributed by atoms with Crippen LogP contribution in [0, 0.1) is 0 Å². The first-order valence-corrected chi connectivity index (χ1v) is 6.87. The number of nitrogens with one attached hydrogen (secondary N) is 1. The van der Waals surface area contributed by atoms with Crippen LogP contribution in [0.3, 0.4) is 0 Å². The fourth-order valence-corrected chi connectivity index (χ4v) is 2.00. The highest BCUT2D eigenvalue weighted by molar-refractivity contribution is 5.95. The number of rotatable bonds is 3. The van der Waals surface area contributed by atoms with Crippen LogP contribution in [-0.4, -0.2) is 29.3 Å². The number of nitrogens with zero attached hydrogens (tertiary/aromatic N) is 2. The Morgan fingerprint density at radius 1 is 1.27 bits per heavy atom. The van der Waals surface area contributed by atoms with E-state index < -0.39 is 0 Å². The number of fused-ring (bicyclic) bond motifs is 1. The number of aromatic nitrogens is 1. The summed E-state index contributed by atoms with van der Waals surface area (Å²) in [6.07, 6.45) is 2.76. The molecule has 6 heteroatoms. The van der Waals surface area contributed by atoms with Crippen LogP contribution in [0.5, 0.6) is 11.5 Å². The summed E-state index contributed by atoms with van der Waals surface area (Å²) in [6, 6.07) is 10.8. The molecule has 0 aliphatic carbocycles. The molecule has 1 aliphatic heterocycles. The zero-order chi connectivity index (χ0) is 15.4. The minimum atomic E-state index is -0.330. The average Bonchev–Trinajstić information content (AvgIpc) is 2.59. The molecule has 0 bridgehead atoms. The molecule has 112 valence electrons. The Balaban J connectivity index is 1.65. The van der Waals surface area contributed by atoms with Gasteiger partial charge in [0.15, 0.2) is 17.6 Å². The van der Waals surface area contributed by atoms with E-state index in [1.54, 1.807) is 25.3 Å². The summed E-state index contributed by atoms with van der Waals surface area (Å²) < 4.78 is 11.4. The van der Waals surface area contributed by atoms with Crippen molar-refractivity contribution >= 4 is 11.6 Å². The molecule has 0 saturated heterocycles. The van der Waals surface area contributed by atoms with Crippen LogP contribution >= 0.6 is 0 Å². The maximum atomic E-state index is 11.9. The van der Waals surface area contributed by atoms with Gasteiger partial charge >= 0.3 is 0 Å². The second-order valence-corrected chi connectivity index (χ2v) is 4.80. The standard InChI is InChI=1S/C16H15N3O3/c1-11(18-19-16(20)12-5-4-8-17-9-12)15-10-21-13-6-2-3-7-14(13)22-15/h2-9,15H,10H2,1H3,(H,19,20)/b18-11-. The monoisotopic (exact) mass is 297 g/mol. The van der Waals surface area contributed by atoms with Gasteiger partial charge in [-0.1, -0.05) is 12.1 Å². The smallest absolute Gasteiger partial charge is 0.272 e. The van der Waals surface area contributed by atoms with E-state index in [1.165, 1.54) is 6.20 Å². The van der Waals surface area contributed by atoms with Crippen molar-refractivity contribution in [1.29, 1.82) is 0 Å². The summed E-state index contributed by atoms with van der Waals surface area (Å²) in [7, 11) is 0. The van der Waals surface area contributed by atoms with Crippen LogP contribution in [0.4, 0.5) is 0 Å². The van der Waals surface area contributed by atoms with Gasteiger partial charge in [0, 0.05) is 12.4 Å². The Hall–Kier alpha value is -2.89. The molecule has 2 aromatic rings. The van der Waals surface area contributed by atoms with Gasteiger partial charge in [-0.2, -0.15) is 5.10 Å². The predicted octanol–water partition coefficient (Wildman–Crippen LogP) is 2.03. The molecule has 3 rings (SSSR count). The highest BCUT2D eigenvalue weighted by atomic mass is 16.6. The van der Waals surface area contributed by atoms with Gasteiger partial charge < -0.3 is 9.47 Å². The lowest BCUT2D eigenvalue weighted by Gasteiger charge is -2.26. The van der Waals surface area contributed by atoms with Crippen LogP contribution in [0.1, 0.15) is 17.3 Å². The Morgan fingerprint density at radius 2 is 2.09 bits per heavy atom. The molecule has 1 amide bonds. The van der Waals surface area contributed by atoms with E-state index in [1.807, 2.05) is 24.3 Å². The molecule has 1 N–H and O–H groups in total. The minimum Gasteiger partial charge on any atom is -0.485 e. The average molecular weight is 297 g/mol. The Morgan fingerprint density at radius 3 is 2.86 bits per heavy atom. The van der Waals surface area contributed by atoms with Crippen molar-refractivity contribution < 1.29 is 14.3 Å². The first kappa shape index (κ1) is 14.1. The molecule has 0 fully saturated rings. The molecule has 0 saturated carbocycles. The van der Waals surface area contributed by atoms with Crippen molar-refractivity contribution in [3.63, 3.8) is 0 Å². The molecular weight excluding hydrogens is 282 g/mol. The van der Waals surface area contributed by atoms with Crippen molar-refractivity contribution in [3.05, 3.63) is 54.4 Å². The summed E-state index contributed by atoms with van der Waals surface area (Å²) >= 11 is 0. The molecule has 0 spiro atoms. The van der Waals surface area contributed by atoms with Gasteiger partial charge in [0.05, 0.1) is 11.3 Å². The minimum absolute atomic E-state index is 0.315. The SMILES string of the molecule is C/C(=N/NC(=O)c1cccnc1)C1COc2ccccc2O1. The van der Waals surface area contributed by atoms with Crippen molar-refractivity contribution in [2.75, 3.05) is 6.61 Å². The third-order valence-electron chi connectivity index (χ3n) is 3.23. The number of carbonyl (C=O) groups is 1. The van der Waals surface area contributed by atoms with Gasteiger partial charge in [-0.15, -0.1) is 0 Å². The van der Waals surface area contributed by atoms with Gasteiger partial charge in [-0.05, 0) is 31.2 Å². The van der Waals surface area contributed by atoms with Crippen LogP contribution in [0.15, 0.2) is 53.9 Å². The summed E-state index contributed by atoms with van der Waals surface area (Å²) in [6.45, 7) is 2.14. The highest BCUT2D eigenvalue weighted by Gasteiger charge is 2.23. The quantitative estimate of drug-likeness (QED) is 0.695. The lowest BCUT2D eigenvalue weighted by molar-refractivity contribution is 0.0952. The van der Waals surface area contributed by atoms with Crippen LogP contribution < -0.4 is 14.9 Å². The maximum Gasteiger partial charge on any atom is 0.272 e. The number of para-hydroxylation sites is 2. The maximum absolute atomic E-state index is 11.9. The van der Waals surface area contributed by atoms with E-state index in [0.29, 0.717) is 29.4 Å². The van der Waals surface area contributed by atoms with Gasteiger partial charge in [0.2, 0.25) is 0 Å². The van der Waals surface area contributed by atoms with Gasteiger partial charge in [0.25, 0.3) is 5.91 Å². The molecule has 22 heavy (non-hydrogen) atoms. The first-order valence-electron chi connectivity index (χ1n) is 6.87. The van der Waals surface area contributed by atoms with E-state index >= 15 is 0 Å². The van der Waals surface area contributed by atoms with E-state index in [2.05, 4.69) is 15.5 Å². The predicted molar refractivity (Wildman–Crippen MR) is 81.2 cm³/mol. The lowest BCUT2D eigenvalue weighted by atomic mass is 10.2. The highest BCUT2D eigenvalue weighted by Crippen LogP contribution is 2.31. The van der Waals surface area contributed by atoms with Crippen molar-refractivity contribution in [3.8, 4) is 11.5 Å². The molecule has 2 heterocycles. The number of hydrazone groups is 1. The number of amides is 1. The number of hydrogen-bond acceptors (Lipinski definition) is 5. The number of hydrogen-bond donors (Lipinski definition) is 1. The lowest BCUT2D eigenvalue weighted by Crippen LogP contribution is -2.36. The normalized spacial score (nSPS) is 17.0. The molecular formula is C16H15N3O3. The van der Waals surface area contributed by atoms with Crippen molar-refractivity contribution in [1.82, 2.24) is 10.4 Å². The van der Waals surface area contributed by atoms with Crippen molar-refractivity contribution in [2.24, 2.45) is 5.10 Å². The second kappa shape index (κ2) is 6.26. The Kier molecular flexibility index (Phi) is 4.00. The summed E-state index contributed by atoms with van der Waals surface area (Å²) in [5.74, 6) is 1.07. The van der Waals surface area contributed by atoms with E-state index in [4.69, 9.17) is 9.47 Å². The topological polar surface area (TPSA) is 72.8 Å². The van der Waals surface area contributed by atoms with Crippen molar-refractivity contribution in [2.45, 2.75) is 13.0 Å². The zero-order valence-corrected chi connectivity index (χ0v) is 12.0. The number of benzene rings is 1. The molecule has 1 aromatic carbocycles. The van der Waals surface area contributed by atoms with E-state index in [9.17, 15) is 4.79 Å². The Bertz CT molecular complexity index is 701. The van der Waals surface area contributed by atoms with Gasteiger partial charge in [-0.25, -0.2) is 5.43 Å². The number of carbonyl (C=O) groups excluding carboxylic acids is 1. The largest absolute Gasteiger partial charge is 0.485 e. The van der Waals surface area contributed by atoms with Crippen LogP contribution in [-0.2, 0) is 0 Å². The zero-order valence-electron chi connectivity index (χ0n) is 12.0. The summed E-state index contributed by atoms with van der Waals surface area (Å²) in [5.41, 5.74) is 3.57. The third kappa shape index (κ3) is 3.06. The summed E-state index contributed by atoms with van der Waals surface area (Å²) in [4.78, 5) is 15.8. The molecule has 6 nitrogen and oxygen atoms in total. The second-order valence-electron chi connectivity index (χ2n) is 4.80. The number of ether oxygens (including phenoxy) is 2.